The fourth-order valence-electron chi connectivity index (χ4n) is 12.8. The molecular weight excluding hydrogens is 1490 g/mol. The third kappa shape index (κ3) is 19.7. The van der Waals surface area contributed by atoms with Crippen LogP contribution in [0.5, 0.6) is 34.5 Å². The molecule has 0 radical (unpaired) electrons. The molecule has 13 aromatic rings. The molecule has 16 rings (SSSR count). The monoisotopic (exact) mass is 1570 g/mol. The normalized spacial score (nSPS) is 13.7. The number of carboxylic acids is 1. The van der Waals surface area contributed by atoms with Crippen molar-refractivity contribution in [1.82, 2.24) is 14.0 Å². The molecule has 0 spiro atoms. The molecule has 3 unspecified atom stereocenters. The van der Waals surface area contributed by atoms with Crippen LogP contribution in [-0.4, -0.2) is 56.4 Å². The molecule has 8 N–H and O–H groups in total. The van der Waals surface area contributed by atoms with Crippen LogP contribution in [0.3, 0.4) is 0 Å². The van der Waals surface area contributed by atoms with Crippen LogP contribution in [0, 0.1) is 0 Å². The fourth-order valence-corrected chi connectivity index (χ4v) is 12.8. The van der Waals surface area contributed by atoms with Crippen molar-refractivity contribution in [2.24, 2.45) is 0 Å². The minimum Gasteiger partial charge on any atom is -0.489 e. The molecule has 26 heteroatoms. The van der Waals surface area contributed by atoms with Crippen LogP contribution in [0.1, 0.15) is 122 Å². The van der Waals surface area contributed by atoms with Gasteiger partial charge in [-0.1, -0.05) is 224 Å². The van der Waals surface area contributed by atoms with Crippen LogP contribution in [-0.2, 0) is 55.3 Å². The number of para-hydroxylation sites is 3. The van der Waals surface area contributed by atoms with E-state index in [1.54, 1.807) is 0 Å². The van der Waals surface area contributed by atoms with E-state index >= 15 is 0 Å². The molecule has 6 heterocycles. The summed E-state index contributed by atoms with van der Waals surface area (Å²) in [4.78, 5) is 74.1. The number of alkyl halides is 3. The number of nitrogens with zero attached hydrogens (tertiary/aromatic N) is 3. The maximum Gasteiger partial charge on any atom is 0.416 e. The molecule has 590 valence electrons. The Morgan fingerprint density at radius 1 is 0.431 bits per heavy atom. The summed E-state index contributed by atoms with van der Waals surface area (Å²) in [7, 11) is 2.48. The zero-order valence-electron chi connectivity index (χ0n) is 62.5. The molecule has 0 amide bonds. The lowest BCUT2D eigenvalue weighted by atomic mass is 9.95. The molecule has 0 saturated carbocycles. The summed E-state index contributed by atoms with van der Waals surface area (Å²) in [5.41, 5.74) is 20.6. The van der Waals surface area contributed by atoms with Crippen molar-refractivity contribution in [1.29, 1.82) is 0 Å². The van der Waals surface area contributed by atoms with Gasteiger partial charge in [0.1, 0.15) is 63.0 Å². The van der Waals surface area contributed by atoms with E-state index in [0.29, 0.717) is 25.6 Å². The summed E-state index contributed by atoms with van der Waals surface area (Å²) in [5, 5.41) is 20.4. The molecule has 0 fully saturated rings. The quantitative estimate of drug-likeness (QED) is 0.0297. The maximum absolute atomic E-state index is 12.9. The van der Waals surface area contributed by atoms with Gasteiger partial charge in [-0.25, -0.2) is 14.4 Å². The Hall–Kier alpha value is -14.8. The Morgan fingerprint density at radius 2 is 0.776 bits per heavy atom. The minimum atomic E-state index is -4.30. The van der Waals surface area contributed by atoms with Crippen LogP contribution in [0.2, 0.25) is 0 Å². The van der Waals surface area contributed by atoms with Gasteiger partial charge in [-0.2, -0.15) is 13.2 Å². The Bertz CT molecular complexity index is 5650. The van der Waals surface area contributed by atoms with Gasteiger partial charge in [-0.3, -0.25) is 28.4 Å². The van der Waals surface area contributed by atoms with Gasteiger partial charge in [-0.15, -0.1) is 0 Å². The largest absolute Gasteiger partial charge is 0.489 e. The van der Waals surface area contributed by atoms with Crippen molar-refractivity contribution < 1.29 is 75.7 Å². The number of carbonyl (C=O) groups excluding carboxylic acids is 2. The number of carbonyl (C=O) groups is 3. The highest BCUT2D eigenvalue weighted by molar-refractivity contribution is 5.91. The highest BCUT2D eigenvalue weighted by Crippen LogP contribution is 2.40. The average molecular weight is 1570 g/mol. The average Bonchev–Trinajstić information content (AvgIpc) is 1.51. The second-order valence-electron chi connectivity index (χ2n) is 26.1. The summed E-state index contributed by atoms with van der Waals surface area (Å²) in [6.45, 7) is 1.70. The van der Waals surface area contributed by atoms with Crippen molar-refractivity contribution in [3.63, 3.8) is 0 Å². The molecule has 10 aromatic carbocycles. The van der Waals surface area contributed by atoms with Crippen molar-refractivity contribution >= 4 is 23.6 Å². The second kappa shape index (κ2) is 38.0. The first-order chi connectivity index (χ1) is 56.3. The topological polar surface area (TPSA) is 308 Å². The summed E-state index contributed by atoms with van der Waals surface area (Å²) in [6, 6.07) is 82.3. The van der Waals surface area contributed by atoms with Gasteiger partial charge in [0.05, 0.1) is 31.9 Å². The molecule has 0 saturated heterocycles. The Kier molecular flexibility index (Phi) is 26.4. The van der Waals surface area contributed by atoms with Gasteiger partial charge in [0.15, 0.2) is 34.3 Å². The number of carboxylic acid groups (broad SMARTS) is 1. The van der Waals surface area contributed by atoms with E-state index in [1.807, 2.05) is 237 Å². The van der Waals surface area contributed by atoms with Crippen molar-refractivity contribution in [3.05, 3.63) is 418 Å². The Morgan fingerprint density at radius 3 is 1.19 bits per heavy atom. The molecule has 3 aliphatic heterocycles. The summed E-state index contributed by atoms with van der Waals surface area (Å²) in [5.74, 6) is 4.72. The fraction of sp³-hybridized carbons (Fsp3) is 0.133. The summed E-state index contributed by atoms with van der Waals surface area (Å²) >= 11 is 0. The van der Waals surface area contributed by atoms with E-state index in [4.69, 9.17) is 44.7 Å². The van der Waals surface area contributed by atoms with Crippen molar-refractivity contribution in [2.45, 2.75) is 64.0 Å². The second-order valence-corrected chi connectivity index (χ2v) is 26.1. The smallest absolute Gasteiger partial charge is 0.416 e. The SMILES string of the molecule is COC(=O)c1c(OCc2ccccc2)c(=O)ccn1N.COC(=O)c1c(OCc2ccccc2)c(=O)ccn1NC1c2ccccc2COc2ccccc21.Nc1cccc(C(F)(F)F)c1.O=C(O)c1c(OCc2ccccc2)c(=O)ccn1NC1c2ccccc2COc2ccccc21.OC1c2ccccc2COc2ccccc21. The minimum absolute atomic E-state index is 0.0175. The number of aromatic carboxylic acids is 1. The zero-order chi connectivity index (χ0) is 81.7. The number of halogens is 3. The van der Waals surface area contributed by atoms with Crippen LogP contribution in [0.15, 0.2) is 312 Å². The molecule has 3 aliphatic rings. The number of rotatable bonds is 16. The molecular formula is C90H78F3N7O16. The number of esters is 2. The zero-order valence-corrected chi connectivity index (χ0v) is 62.5. The lowest BCUT2D eigenvalue weighted by Crippen LogP contribution is -2.30. The molecule has 3 atom stereocenters. The predicted octanol–water partition coefficient (Wildman–Crippen LogP) is 14.7. The summed E-state index contributed by atoms with van der Waals surface area (Å²) in [6.07, 6.45) is -0.673. The van der Waals surface area contributed by atoms with E-state index in [1.165, 1.54) is 72.5 Å². The number of hydrogen-bond acceptors (Lipinski definition) is 19. The number of nitrogen functional groups attached to an aromatic ring is 2. The van der Waals surface area contributed by atoms with Crippen molar-refractivity contribution in [2.75, 3.05) is 36.6 Å². The van der Waals surface area contributed by atoms with E-state index in [0.717, 1.165) is 95.1 Å². The molecule has 3 aromatic heterocycles. The standard InChI is InChI=1S/C28H24N2O5.C27H22N2O5.C14H14N2O4.C14H12O2.C7H6F3N/c1-33-28(32)26-27(35-17-19-9-3-2-4-10-19)23(31)15-16-30(26)29-25-21-12-6-5-11-20(21)18-34-24-14-8-7-13-22(24)25;30-22-14-15-29(25(27(31)32)26(22)34-16-18-8-2-1-3-9-18)28-24-20-11-5-4-10-19(20)17-33-23-13-7-6-12-21(23)24;1-19-14(18)12-13(11(17)7-8-16(12)15)20-9-10-5-3-2-4-6-10;15-14-11-6-2-1-5-10(11)9-16-13-8-4-3-7-12(13)14;8-7(9,10)5-2-1-3-6(11)4-5/h2-16,25,29H,17-18H2,1H3;1-15,24,28H,16-17H2,(H,31,32);2-8H,9,15H2,1H3;1-8,14-15H,9H2;1-4H,11H2. The van der Waals surface area contributed by atoms with E-state index in [-0.39, 0.29) is 65.9 Å². The number of methoxy groups -OCH3 is 2. The number of hydrogen-bond donors (Lipinski definition) is 6. The van der Waals surface area contributed by atoms with Crippen LogP contribution < -0.4 is 67.1 Å². The number of anilines is 1. The summed E-state index contributed by atoms with van der Waals surface area (Å²) < 4.78 is 84.0. The van der Waals surface area contributed by atoms with Gasteiger partial charge in [0.2, 0.25) is 16.3 Å². The Balaban J connectivity index is 0.000000141. The molecule has 0 aliphatic carbocycles. The number of benzene rings is 10. The van der Waals surface area contributed by atoms with Gasteiger partial charge < -0.3 is 70.5 Å². The third-order valence-electron chi connectivity index (χ3n) is 18.5. The van der Waals surface area contributed by atoms with E-state index < -0.39 is 58.1 Å². The van der Waals surface area contributed by atoms with Gasteiger partial charge in [0.25, 0.3) is 0 Å². The number of fused-ring (bicyclic) bond motifs is 6. The highest BCUT2D eigenvalue weighted by Gasteiger charge is 2.33. The highest BCUT2D eigenvalue weighted by atomic mass is 19.4. The third-order valence-corrected chi connectivity index (χ3v) is 18.5. The predicted molar refractivity (Wildman–Crippen MR) is 428 cm³/mol. The number of pyridine rings is 3. The van der Waals surface area contributed by atoms with Gasteiger partial charge in [0, 0.05) is 59.2 Å². The number of aromatic nitrogens is 3. The maximum atomic E-state index is 12.9. The molecule has 23 nitrogen and oxygen atoms in total. The molecule has 0 bridgehead atoms. The van der Waals surface area contributed by atoms with Crippen LogP contribution >= 0.6 is 0 Å². The first-order valence-corrected chi connectivity index (χ1v) is 36.2. The van der Waals surface area contributed by atoms with Gasteiger partial charge in [-0.05, 0) is 86.5 Å². The number of aliphatic hydroxyl groups excluding tert-OH is 1. The first kappa shape index (κ1) is 80.7. The Labute approximate surface area is 663 Å². The van der Waals surface area contributed by atoms with Gasteiger partial charge >= 0.3 is 24.1 Å². The first-order valence-electron chi connectivity index (χ1n) is 36.2. The van der Waals surface area contributed by atoms with E-state index in [2.05, 4.69) is 15.6 Å². The number of nitrogens with two attached hydrogens (primary N) is 2. The number of nitrogens with one attached hydrogen (secondary N) is 2. The number of ether oxygens (including phenoxy) is 8. The van der Waals surface area contributed by atoms with Crippen molar-refractivity contribution in [3.8, 4) is 34.5 Å². The van der Waals surface area contributed by atoms with Crippen LogP contribution in [0.4, 0.5) is 18.9 Å². The van der Waals surface area contributed by atoms with E-state index in [9.17, 15) is 52.2 Å². The number of aliphatic hydroxyl groups is 1. The lowest BCUT2D eigenvalue weighted by molar-refractivity contribution is -0.137. The lowest BCUT2D eigenvalue weighted by Gasteiger charge is -2.25. The molecule has 116 heavy (non-hydrogen) atoms. The van der Waals surface area contributed by atoms with Crippen LogP contribution in [0.25, 0.3) is 0 Å².